The topological polar surface area (TPSA) is 40.5 Å². The van der Waals surface area contributed by atoms with Gasteiger partial charge in [-0.1, -0.05) is 0 Å². The Bertz CT molecular complexity index is 178. The molecule has 0 aliphatic heterocycles. The number of fused-ring (bicyclic) bond motifs is 2. The highest BCUT2D eigenvalue weighted by molar-refractivity contribution is 5.26. The van der Waals surface area contributed by atoms with E-state index in [9.17, 15) is 0 Å². The van der Waals surface area contributed by atoms with E-state index in [1.807, 2.05) is 0 Å². The molecule has 3 rings (SSSR count). The normalized spacial score (nSPS) is 34.5. The van der Waals surface area contributed by atoms with Crippen molar-refractivity contribution in [2.75, 3.05) is 13.2 Å². The molecule has 2 bridgehead atoms. The van der Waals surface area contributed by atoms with Crippen LogP contribution in [0.15, 0.2) is 11.1 Å². The molecule has 0 saturated heterocycles. The largest absolute Gasteiger partial charge is 0.392 e. The van der Waals surface area contributed by atoms with Gasteiger partial charge in [0.05, 0.1) is 13.2 Å². The maximum Gasteiger partial charge on any atom is 0.0648 e. The van der Waals surface area contributed by atoms with Gasteiger partial charge in [0, 0.05) is 0 Å². The molecule has 0 aromatic heterocycles. The standard InChI is InChI=1S/C10H16O2/c11-5-9-7-1-2-8(4-3-7)10(9)6-12/h7-8,11-12H,1-6H2. The van der Waals surface area contributed by atoms with E-state index >= 15 is 0 Å². The average Bonchev–Trinajstić information content (AvgIpc) is 2.18. The third kappa shape index (κ3) is 1.10. The van der Waals surface area contributed by atoms with E-state index < -0.39 is 0 Å². The lowest BCUT2D eigenvalue weighted by molar-refractivity contribution is 0.213. The van der Waals surface area contributed by atoms with Crippen molar-refractivity contribution in [2.45, 2.75) is 25.7 Å². The van der Waals surface area contributed by atoms with Gasteiger partial charge in [-0.2, -0.15) is 0 Å². The summed E-state index contributed by atoms with van der Waals surface area (Å²) in [4.78, 5) is 0. The van der Waals surface area contributed by atoms with Gasteiger partial charge in [0.1, 0.15) is 0 Å². The molecule has 0 aromatic rings. The van der Waals surface area contributed by atoms with E-state index in [1.54, 1.807) is 0 Å². The highest BCUT2D eigenvalue weighted by atomic mass is 16.3. The molecule has 68 valence electrons. The van der Waals surface area contributed by atoms with Gasteiger partial charge in [-0.3, -0.25) is 0 Å². The SMILES string of the molecule is OCC1=C(CO)C2CCC1CC2. The molecule has 0 atom stereocenters. The minimum Gasteiger partial charge on any atom is -0.392 e. The highest BCUT2D eigenvalue weighted by Gasteiger charge is 2.33. The molecule has 3 aliphatic rings. The zero-order valence-corrected chi connectivity index (χ0v) is 7.29. The monoisotopic (exact) mass is 168 g/mol. The summed E-state index contributed by atoms with van der Waals surface area (Å²) in [5, 5.41) is 18.3. The minimum atomic E-state index is 0.164. The molecule has 1 fully saturated rings. The van der Waals surface area contributed by atoms with Crippen molar-refractivity contribution in [3.63, 3.8) is 0 Å². The van der Waals surface area contributed by atoms with Crippen molar-refractivity contribution in [3.8, 4) is 0 Å². The second-order valence-corrected chi connectivity index (χ2v) is 3.92. The maximum atomic E-state index is 9.15. The lowest BCUT2D eigenvalue weighted by Gasteiger charge is -2.39. The first-order valence-electron chi connectivity index (χ1n) is 4.80. The van der Waals surface area contributed by atoms with Crippen molar-refractivity contribution < 1.29 is 10.2 Å². The van der Waals surface area contributed by atoms with E-state index in [4.69, 9.17) is 10.2 Å². The van der Waals surface area contributed by atoms with Crippen molar-refractivity contribution in [2.24, 2.45) is 11.8 Å². The fourth-order valence-corrected chi connectivity index (χ4v) is 2.78. The van der Waals surface area contributed by atoms with E-state index in [2.05, 4.69) is 0 Å². The molecule has 0 unspecified atom stereocenters. The molecule has 0 heterocycles. The Morgan fingerprint density at radius 2 is 1.17 bits per heavy atom. The van der Waals surface area contributed by atoms with Crippen molar-refractivity contribution >= 4 is 0 Å². The molecule has 0 aromatic carbocycles. The Morgan fingerprint density at radius 3 is 1.42 bits per heavy atom. The Morgan fingerprint density at radius 1 is 0.833 bits per heavy atom. The van der Waals surface area contributed by atoms with Crippen LogP contribution in [0.1, 0.15) is 25.7 Å². The summed E-state index contributed by atoms with van der Waals surface area (Å²) < 4.78 is 0. The Balaban J connectivity index is 2.31. The van der Waals surface area contributed by atoms with Crippen molar-refractivity contribution in [3.05, 3.63) is 11.1 Å². The minimum absolute atomic E-state index is 0.164. The number of rotatable bonds is 2. The summed E-state index contributed by atoms with van der Waals surface area (Å²) in [6, 6.07) is 0. The number of hydrogen-bond acceptors (Lipinski definition) is 2. The molecule has 2 N–H and O–H groups in total. The van der Waals surface area contributed by atoms with E-state index in [0.29, 0.717) is 11.8 Å². The van der Waals surface area contributed by atoms with Gasteiger partial charge in [0.15, 0.2) is 0 Å². The van der Waals surface area contributed by atoms with Crippen LogP contribution in [0.25, 0.3) is 0 Å². The molecule has 12 heavy (non-hydrogen) atoms. The van der Waals surface area contributed by atoms with Gasteiger partial charge >= 0.3 is 0 Å². The van der Waals surface area contributed by atoms with Crippen molar-refractivity contribution in [1.29, 1.82) is 0 Å². The fourth-order valence-electron chi connectivity index (χ4n) is 2.78. The first-order valence-corrected chi connectivity index (χ1v) is 4.80. The van der Waals surface area contributed by atoms with Crippen LogP contribution in [0.2, 0.25) is 0 Å². The molecule has 2 nitrogen and oxygen atoms in total. The summed E-state index contributed by atoms with van der Waals surface area (Å²) in [5.74, 6) is 1.17. The fraction of sp³-hybridized carbons (Fsp3) is 0.800. The van der Waals surface area contributed by atoms with Crippen LogP contribution in [0, 0.1) is 11.8 Å². The van der Waals surface area contributed by atoms with Gasteiger partial charge in [0.25, 0.3) is 0 Å². The zero-order valence-electron chi connectivity index (χ0n) is 7.29. The number of hydrogen-bond donors (Lipinski definition) is 2. The van der Waals surface area contributed by atoms with Crippen LogP contribution in [-0.4, -0.2) is 23.4 Å². The van der Waals surface area contributed by atoms with Gasteiger partial charge < -0.3 is 10.2 Å². The summed E-state index contributed by atoms with van der Waals surface area (Å²) in [7, 11) is 0. The molecule has 3 aliphatic carbocycles. The van der Waals surface area contributed by atoms with Crippen LogP contribution in [0.4, 0.5) is 0 Å². The Hall–Kier alpha value is -0.340. The summed E-state index contributed by atoms with van der Waals surface area (Å²) in [6.07, 6.45) is 4.90. The molecule has 2 heteroatoms. The average molecular weight is 168 g/mol. The summed E-state index contributed by atoms with van der Waals surface area (Å²) in [6.45, 7) is 0.328. The molecular formula is C10H16O2. The molecular weight excluding hydrogens is 152 g/mol. The van der Waals surface area contributed by atoms with Gasteiger partial charge in [-0.05, 0) is 48.7 Å². The molecule has 0 spiro atoms. The first-order chi connectivity index (χ1) is 5.86. The second-order valence-electron chi connectivity index (χ2n) is 3.92. The van der Waals surface area contributed by atoms with Gasteiger partial charge in [-0.15, -0.1) is 0 Å². The van der Waals surface area contributed by atoms with Crippen LogP contribution >= 0.6 is 0 Å². The lowest BCUT2D eigenvalue weighted by Crippen LogP contribution is -2.29. The van der Waals surface area contributed by atoms with E-state index in [1.165, 1.54) is 25.7 Å². The van der Waals surface area contributed by atoms with Crippen LogP contribution < -0.4 is 0 Å². The number of aliphatic hydroxyl groups is 2. The van der Waals surface area contributed by atoms with E-state index in [-0.39, 0.29) is 13.2 Å². The first kappa shape index (κ1) is 8.27. The summed E-state index contributed by atoms with van der Waals surface area (Å²) >= 11 is 0. The maximum absolute atomic E-state index is 9.15. The lowest BCUT2D eigenvalue weighted by atomic mass is 9.67. The number of aliphatic hydroxyl groups excluding tert-OH is 2. The van der Waals surface area contributed by atoms with Gasteiger partial charge in [-0.25, -0.2) is 0 Å². The molecule has 0 radical (unpaired) electrons. The predicted molar refractivity (Wildman–Crippen MR) is 46.6 cm³/mol. The van der Waals surface area contributed by atoms with Crippen LogP contribution in [0.3, 0.4) is 0 Å². The molecule has 1 saturated carbocycles. The zero-order chi connectivity index (χ0) is 8.55. The third-order valence-electron chi connectivity index (χ3n) is 3.47. The van der Waals surface area contributed by atoms with Gasteiger partial charge in [0.2, 0.25) is 0 Å². The highest BCUT2D eigenvalue weighted by Crippen LogP contribution is 2.44. The molecule has 0 amide bonds. The Labute approximate surface area is 72.9 Å². The van der Waals surface area contributed by atoms with Crippen LogP contribution in [0.5, 0.6) is 0 Å². The quantitative estimate of drug-likeness (QED) is 0.606. The smallest absolute Gasteiger partial charge is 0.0648 e. The summed E-state index contributed by atoms with van der Waals surface area (Å²) in [5.41, 5.74) is 2.31. The third-order valence-corrected chi connectivity index (χ3v) is 3.47. The predicted octanol–water partition coefficient (Wildman–Crippen LogP) is 1.09. The van der Waals surface area contributed by atoms with Crippen LogP contribution in [-0.2, 0) is 0 Å². The Kier molecular flexibility index (Phi) is 2.20. The van der Waals surface area contributed by atoms with Crippen molar-refractivity contribution in [1.82, 2.24) is 0 Å². The second kappa shape index (κ2) is 3.19. The van der Waals surface area contributed by atoms with E-state index in [0.717, 1.165) is 11.1 Å².